The van der Waals surface area contributed by atoms with Gasteiger partial charge >= 0.3 is 0 Å². The van der Waals surface area contributed by atoms with Crippen LogP contribution in [0.5, 0.6) is 0 Å². The van der Waals surface area contributed by atoms with Gasteiger partial charge in [0, 0.05) is 12.6 Å². The zero-order valence-electron chi connectivity index (χ0n) is 9.87. The lowest BCUT2D eigenvalue weighted by atomic mass is 10.1. The van der Waals surface area contributed by atoms with Crippen LogP contribution in [0.15, 0.2) is 24.3 Å². The Morgan fingerprint density at radius 1 is 1.47 bits per heavy atom. The molecule has 4 heteroatoms. The van der Waals surface area contributed by atoms with E-state index >= 15 is 0 Å². The van der Waals surface area contributed by atoms with E-state index in [1.807, 2.05) is 0 Å². The van der Waals surface area contributed by atoms with E-state index in [9.17, 15) is 9.18 Å². The van der Waals surface area contributed by atoms with Gasteiger partial charge in [-0.2, -0.15) is 0 Å². The second-order valence-electron chi connectivity index (χ2n) is 4.58. The Balaban J connectivity index is 1.91. The van der Waals surface area contributed by atoms with Crippen molar-refractivity contribution in [2.45, 2.75) is 19.4 Å². The van der Waals surface area contributed by atoms with Gasteiger partial charge in [0.2, 0.25) is 5.91 Å². The number of halogens is 1. The summed E-state index contributed by atoms with van der Waals surface area (Å²) in [6, 6.07) is 6.55. The molecule has 1 aromatic carbocycles. The lowest BCUT2D eigenvalue weighted by Gasteiger charge is -2.16. The van der Waals surface area contributed by atoms with Crippen molar-refractivity contribution < 1.29 is 9.18 Å². The number of hydrogen-bond donors (Lipinski definition) is 2. The van der Waals surface area contributed by atoms with E-state index in [2.05, 4.69) is 17.6 Å². The molecule has 0 aliphatic carbocycles. The Bertz CT molecular complexity index is 408. The molecule has 92 valence electrons. The van der Waals surface area contributed by atoms with Crippen molar-refractivity contribution >= 4 is 5.91 Å². The first-order chi connectivity index (χ1) is 8.16. The standard InChI is InChI=1S/C13H17FN2O/c1-9-7-15-8-12(9)16-13(17)6-10-4-2-3-5-11(10)14/h2-5,9,12,15H,6-8H2,1H3,(H,16,17). The van der Waals surface area contributed by atoms with E-state index in [0.29, 0.717) is 11.5 Å². The monoisotopic (exact) mass is 236 g/mol. The minimum Gasteiger partial charge on any atom is -0.351 e. The number of carbonyl (C=O) groups excluding carboxylic acids is 1. The van der Waals surface area contributed by atoms with Crippen molar-refractivity contribution in [3.63, 3.8) is 0 Å². The molecule has 2 N–H and O–H groups in total. The first-order valence-corrected chi connectivity index (χ1v) is 5.90. The van der Waals surface area contributed by atoms with Crippen LogP contribution < -0.4 is 10.6 Å². The van der Waals surface area contributed by atoms with Gasteiger partial charge in [-0.15, -0.1) is 0 Å². The average molecular weight is 236 g/mol. The van der Waals surface area contributed by atoms with Crippen LogP contribution in [0.3, 0.4) is 0 Å². The highest BCUT2D eigenvalue weighted by Gasteiger charge is 2.24. The highest BCUT2D eigenvalue weighted by molar-refractivity contribution is 5.79. The molecule has 1 amide bonds. The molecule has 17 heavy (non-hydrogen) atoms. The summed E-state index contributed by atoms with van der Waals surface area (Å²) in [4.78, 5) is 11.8. The molecule has 2 atom stereocenters. The summed E-state index contributed by atoms with van der Waals surface area (Å²) in [5.74, 6) is -0.00420. The molecule has 1 aliphatic rings. The Kier molecular flexibility index (Phi) is 3.74. The van der Waals surface area contributed by atoms with E-state index < -0.39 is 0 Å². The van der Waals surface area contributed by atoms with Crippen molar-refractivity contribution in [3.05, 3.63) is 35.6 Å². The molecule has 2 unspecified atom stereocenters. The van der Waals surface area contributed by atoms with Crippen LogP contribution in [0, 0.1) is 11.7 Å². The fourth-order valence-electron chi connectivity index (χ4n) is 2.08. The SMILES string of the molecule is CC1CNCC1NC(=O)Cc1ccccc1F. The molecule has 0 saturated carbocycles. The molecule has 1 aromatic rings. The van der Waals surface area contributed by atoms with Crippen molar-refractivity contribution in [3.8, 4) is 0 Å². The van der Waals surface area contributed by atoms with Gasteiger partial charge in [-0.1, -0.05) is 25.1 Å². The van der Waals surface area contributed by atoms with Crippen molar-refractivity contribution in [2.24, 2.45) is 5.92 Å². The molecule has 3 nitrogen and oxygen atoms in total. The van der Waals surface area contributed by atoms with Gasteiger partial charge in [-0.3, -0.25) is 4.79 Å². The van der Waals surface area contributed by atoms with Crippen molar-refractivity contribution in [1.82, 2.24) is 10.6 Å². The van der Waals surface area contributed by atoms with Gasteiger partial charge in [-0.25, -0.2) is 4.39 Å². The summed E-state index contributed by atoms with van der Waals surface area (Å²) < 4.78 is 13.3. The number of nitrogens with one attached hydrogen (secondary N) is 2. The maximum absolute atomic E-state index is 13.3. The topological polar surface area (TPSA) is 41.1 Å². The summed E-state index contributed by atoms with van der Waals surface area (Å²) in [6.07, 6.45) is 0.107. The predicted molar refractivity (Wildman–Crippen MR) is 64.1 cm³/mol. The van der Waals surface area contributed by atoms with Gasteiger partial charge < -0.3 is 10.6 Å². The molecule has 1 saturated heterocycles. The summed E-state index contributed by atoms with van der Waals surface area (Å²) in [6.45, 7) is 3.81. The van der Waals surface area contributed by atoms with Crippen LogP contribution in [0.1, 0.15) is 12.5 Å². The Labute approximate surface area is 100 Å². The minimum absolute atomic E-state index is 0.107. The molecule has 0 bridgehead atoms. The minimum atomic E-state index is -0.319. The molecule has 0 radical (unpaired) electrons. The lowest BCUT2D eigenvalue weighted by Crippen LogP contribution is -2.40. The molecule has 1 aliphatic heterocycles. The van der Waals surface area contributed by atoms with Gasteiger partial charge in [-0.05, 0) is 24.1 Å². The third kappa shape index (κ3) is 3.03. The van der Waals surface area contributed by atoms with E-state index in [1.165, 1.54) is 6.07 Å². The maximum atomic E-state index is 13.3. The summed E-state index contributed by atoms with van der Waals surface area (Å²) >= 11 is 0. The molecular formula is C13H17FN2O. The normalized spacial score (nSPS) is 23.6. The number of rotatable bonds is 3. The Hall–Kier alpha value is -1.42. The largest absolute Gasteiger partial charge is 0.351 e. The van der Waals surface area contributed by atoms with Crippen molar-refractivity contribution in [2.75, 3.05) is 13.1 Å². The molecule has 0 aromatic heterocycles. The van der Waals surface area contributed by atoms with E-state index in [1.54, 1.807) is 18.2 Å². The second kappa shape index (κ2) is 5.27. The number of benzene rings is 1. The maximum Gasteiger partial charge on any atom is 0.224 e. The smallest absolute Gasteiger partial charge is 0.224 e. The summed E-state index contributed by atoms with van der Waals surface area (Å²) in [5, 5.41) is 6.15. The van der Waals surface area contributed by atoms with Gasteiger partial charge in [0.05, 0.1) is 6.42 Å². The molecule has 2 rings (SSSR count). The van der Waals surface area contributed by atoms with Crippen LogP contribution in [0.2, 0.25) is 0 Å². The molecule has 1 fully saturated rings. The van der Waals surface area contributed by atoms with E-state index in [4.69, 9.17) is 0 Å². The van der Waals surface area contributed by atoms with Gasteiger partial charge in [0.25, 0.3) is 0 Å². The second-order valence-corrected chi connectivity index (χ2v) is 4.58. The zero-order chi connectivity index (χ0) is 12.3. The van der Waals surface area contributed by atoms with Gasteiger partial charge in [0.15, 0.2) is 0 Å². The van der Waals surface area contributed by atoms with Crippen LogP contribution in [0.25, 0.3) is 0 Å². The van der Waals surface area contributed by atoms with E-state index in [-0.39, 0.29) is 24.2 Å². The lowest BCUT2D eigenvalue weighted by molar-refractivity contribution is -0.121. The third-order valence-electron chi connectivity index (χ3n) is 3.17. The van der Waals surface area contributed by atoms with Crippen LogP contribution in [0.4, 0.5) is 4.39 Å². The highest BCUT2D eigenvalue weighted by atomic mass is 19.1. The molecular weight excluding hydrogens is 219 g/mol. The van der Waals surface area contributed by atoms with Crippen LogP contribution in [-0.4, -0.2) is 25.0 Å². The van der Waals surface area contributed by atoms with Crippen molar-refractivity contribution in [1.29, 1.82) is 0 Å². The summed E-state index contributed by atoms with van der Waals surface area (Å²) in [7, 11) is 0. The fraction of sp³-hybridized carbons (Fsp3) is 0.462. The van der Waals surface area contributed by atoms with Gasteiger partial charge in [0.1, 0.15) is 5.82 Å². The quantitative estimate of drug-likeness (QED) is 0.825. The zero-order valence-corrected chi connectivity index (χ0v) is 9.87. The first-order valence-electron chi connectivity index (χ1n) is 5.90. The average Bonchev–Trinajstić information content (AvgIpc) is 2.68. The van der Waals surface area contributed by atoms with Crippen LogP contribution >= 0.6 is 0 Å². The number of hydrogen-bond acceptors (Lipinski definition) is 2. The predicted octanol–water partition coefficient (Wildman–Crippen LogP) is 1.09. The molecule has 0 spiro atoms. The number of carbonyl (C=O) groups is 1. The van der Waals surface area contributed by atoms with E-state index in [0.717, 1.165) is 13.1 Å². The highest BCUT2D eigenvalue weighted by Crippen LogP contribution is 2.10. The fourth-order valence-corrected chi connectivity index (χ4v) is 2.08. The number of amides is 1. The molecule has 1 heterocycles. The van der Waals surface area contributed by atoms with Crippen LogP contribution in [-0.2, 0) is 11.2 Å². The third-order valence-corrected chi connectivity index (χ3v) is 3.17. The Morgan fingerprint density at radius 2 is 2.24 bits per heavy atom. The Morgan fingerprint density at radius 3 is 2.88 bits per heavy atom. The summed E-state index contributed by atoms with van der Waals surface area (Å²) in [5.41, 5.74) is 0.448. The first kappa shape index (κ1) is 12.0.